The topological polar surface area (TPSA) is 69.7 Å². The Bertz CT molecular complexity index is 1000. The van der Waals surface area contributed by atoms with Gasteiger partial charge in [-0.2, -0.15) is 13.2 Å². The Morgan fingerprint density at radius 3 is 2.19 bits per heavy atom. The van der Waals surface area contributed by atoms with Crippen molar-refractivity contribution in [3.05, 3.63) is 70.8 Å². The van der Waals surface area contributed by atoms with Crippen LogP contribution in [0.4, 0.5) is 18.0 Å². The van der Waals surface area contributed by atoms with Crippen molar-refractivity contribution in [2.75, 3.05) is 13.6 Å². The third-order valence-corrected chi connectivity index (χ3v) is 5.32. The van der Waals surface area contributed by atoms with Crippen molar-refractivity contribution in [2.45, 2.75) is 32.1 Å². The Kier molecular flexibility index (Phi) is 5.80. The molecule has 4 amide bonds. The van der Waals surface area contributed by atoms with Gasteiger partial charge in [0.2, 0.25) is 5.91 Å². The van der Waals surface area contributed by atoms with Crippen molar-refractivity contribution in [1.29, 1.82) is 0 Å². The van der Waals surface area contributed by atoms with Crippen LogP contribution in [0.5, 0.6) is 0 Å². The molecule has 0 saturated carbocycles. The molecule has 0 bridgehead atoms. The Balaban J connectivity index is 1.67. The molecule has 3 rings (SSSR count). The summed E-state index contributed by atoms with van der Waals surface area (Å²) in [6.45, 7) is 3.05. The first-order chi connectivity index (χ1) is 14.4. The quantitative estimate of drug-likeness (QED) is 0.735. The molecule has 1 heterocycles. The zero-order valence-electron chi connectivity index (χ0n) is 17.3. The van der Waals surface area contributed by atoms with Gasteiger partial charge >= 0.3 is 12.2 Å². The molecular weight excluding hydrogens is 411 g/mol. The summed E-state index contributed by atoms with van der Waals surface area (Å²) < 4.78 is 38.0. The maximum atomic E-state index is 12.9. The van der Waals surface area contributed by atoms with Gasteiger partial charge in [-0.1, -0.05) is 42.0 Å². The number of hydrogen-bond acceptors (Lipinski definition) is 3. The number of aryl methyl sites for hydroxylation is 1. The van der Waals surface area contributed by atoms with Crippen molar-refractivity contribution in [2.24, 2.45) is 0 Å². The average Bonchev–Trinajstić information content (AvgIpc) is 2.92. The zero-order valence-corrected chi connectivity index (χ0v) is 17.3. The number of nitrogens with zero attached hydrogens (tertiary/aromatic N) is 2. The summed E-state index contributed by atoms with van der Waals surface area (Å²) in [5.41, 5.74) is 0.0351. The standard InChI is InChI=1S/C22H22F3N3O3/c1-14-4-8-16(9-5-14)21(2)19(30)28(20(31)26-21)13-18(29)27(3)12-15-6-10-17(11-7-15)22(23,24)25/h4-11H,12-13H2,1-3H3,(H,26,31). The molecule has 31 heavy (non-hydrogen) atoms. The van der Waals surface area contributed by atoms with Gasteiger partial charge in [-0.05, 0) is 37.1 Å². The van der Waals surface area contributed by atoms with E-state index >= 15 is 0 Å². The first-order valence-electron chi connectivity index (χ1n) is 9.53. The average molecular weight is 433 g/mol. The van der Waals surface area contributed by atoms with Gasteiger partial charge in [0.15, 0.2) is 0 Å². The summed E-state index contributed by atoms with van der Waals surface area (Å²) in [5, 5.41) is 2.64. The highest BCUT2D eigenvalue weighted by Gasteiger charge is 2.49. The maximum Gasteiger partial charge on any atom is 0.416 e. The van der Waals surface area contributed by atoms with Crippen LogP contribution in [0.2, 0.25) is 0 Å². The smallest absolute Gasteiger partial charge is 0.340 e. The van der Waals surface area contributed by atoms with Crippen LogP contribution >= 0.6 is 0 Å². The van der Waals surface area contributed by atoms with Crippen molar-refractivity contribution in [1.82, 2.24) is 15.1 Å². The second-order valence-electron chi connectivity index (χ2n) is 7.76. The summed E-state index contributed by atoms with van der Waals surface area (Å²) in [5.74, 6) is -1.06. The number of amides is 4. The fraction of sp³-hybridized carbons (Fsp3) is 0.318. The van der Waals surface area contributed by atoms with Crippen LogP contribution in [0.3, 0.4) is 0 Å². The van der Waals surface area contributed by atoms with Crippen LogP contribution in [-0.4, -0.2) is 41.2 Å². The molecule has 2 aromatic rings. The van der Waals surface area contributed by atoms with Crippen LogP contribution in [0, 0.1) is 6.92 Å². The first kappa shape index (κ1) is 22.3. The van der Waals surface area contributed by atoms with Crippen LogP contribution < -0.4 is 5.32 Å². The van der Waals surface area contributed by atoms with Crippen LogP contribution in [0.1, 0.15) is 29.2 Å². The molecule has 0 aromatic heterocycles. The number of halogens is 3. The molecule has 1 fully saturated rings. The van der Waals surface area contributed by atoms with Crippen molar-refractivity contribution in [3.63, 3.8) is 0 Å². The van der Waals surface area contributed by atoms with E-state index in [4.69, 9.17) is 0 Å². The van der Waals surface area contributed by atoms with Crippen LogP contribution in [0.15, 0.2) is 48.5 Å². The second-order valence-corrected chi connectivity index (χ2v) is 7.76. The Morgan fingerprint density at radius 2 is 1.65 bits per heavy atom. The first-order valence-corrected chi connectivity index (χ1v) is 9.53. The molecule has 1 aliphatic rings. The predicted molar refractivity (Wildman–Crippen MR) is 107 cm³/mol. The molecule has 0 radical (unpaired) electrons. The van der Waals surface area contributed by atoms with E-state index in [-0.39, 0.29) is 6.54 Å². The molecular formula is C22H22F3N3O3. The number of benzene rings is 2. The summed E-state index contributed by atoms with van der Waals surface area (Å²) >= 11 is 0. The normalized spacial score (nSPS) is 18.8. The SMILES string of the molecule is Cc1ccc(C2(C)NC(=O)N(CC(=O)N(C)Cc3ccc(C(F)(F)F)cc3)C2=O)cc1. The third kappa shape index (κ3) is 4.55. The van der Waals surface area contributed by atoms with Gasteiger partial charge in [-0.15, -0.1) is 0 Å². The highest BCUT2D eigenvalue weighted by molar-refractivity contribution is 6.09. The fourth-order valence-corrected chi connectivity index (χ4v) is 3.34. The molecule has 1 atom stereocenters. The van der Waals surface area contributed by atoms with Gasteiger partial charge in [-0.3, -0.25) is 14.5 Å². The van der Waals surface area contributed by atoms with Gasteiger partial charge in [0.05, 0.1) is 5.56 Å². The molecule has 1 saturated heterocycles. The molecule has 2 aromatic carbocycles. The number of hydrogen-bond donors (Lipinski definition) is 1. The molecule has 0 spiro atoms. The fourth-order valence-electron chi connectivity index (χ4n) is 3.34. The predicted octanol–water partition coefficient (Wildman–Crippen LogP) is 3.44. The molecule has 1 N–H and O–H groups in total. The zero-order chi connectivity index (χ0) is 23.0. The number of likely N-dealkylation sites (N-methyl/N-ethyl adjacent to an activating group) is 1. The van der Waals surface area contributed by atoms with E-state index in [9.17, 15) is 27.6 Å². The van der Waals surface area contributed by atoms with Gasteiger partial charge in [0.1, 0.15) is 12.1 Å². The molecule has 164 valence electrons. The van der Waals surface area contributed by atoms with E-state index in [1.165, 1.54) is 24.1 Å². The number of carbonyl (C=O) groups is 3. The maximum absolute atomic E-state index is 12.9. The molecule has 1 aliphatic heterocycles. The molecule has 0 aliphatic carbocycles. The second kappa shape index (κ2) is 8.05. The number of urea groups is 1. The molecule has 1 unspecified atom stereocenters. The number of nitrogens with one attached hydrogen (secondary N) is 1. The van der Waals surface area contributed by atoms with E-state index in [1.54, 1.807) is 19.1 Å². The summed E-state index contributed by atoms with van der Waals surface area (Å²) in [7, 11) is 1.46. The number of imide groups is 1. The van der Waals surface area contributed by atoms with Gasteiger partial charge in [0.25, 0.3) is 5.91 Å². The number of rotatable bonds is 5. The summed E-state index contributed by atoms with van der Waals surface area (Å²) in [4.78, 5) is 40.0. The lowest BCUT2D eigenvalue weighted by Gasteiger charge is -2.23. The van der Waals surface area contributed by atoms with E-state index in [1.807, 2.05) is 19.1 Å². The Hall–Kier alpha value is -3.36. The Labute approximate surface area is 177 Å². The lowest BCUT2D eigenvalue weighted by atomic mass is 9.91. The van der Waals surface area contributed by atoms with Gasteiger partial charge < -0.3 is 10.2 Å². The van der Waals surface area contributed by atoms with E-state index in [0.29, 0.717) is 11.1 Å². The summed E-state index contributed by atoms with van der Waals surface area (Å²) in [6, 6.07) is 10.9. The monoisotopic (exact) mass is 433 g/mol. The van der Waals surface area contributed by atoms with E-state index in [2.05, 4.69) is 5.32 Å². The van der Waals surface area contributed by atoms with E-state index < -0.39 is 41.7 Å². The van der Waals surface area contributed by atoms with Crippen molar-refractivity contribution in [3.8, 4) is 0 Å². The van der Waals surface area contributed by atoms with Crippen molar-refractivity contribution >= 4 is 17.8 Å². The molecule has 9 heteroatoms. The largest absolute Gasteiger partial charge is 0.416 e. The highest BCUT2D eigenvalue weighted by atomic mass is 19.4. The van der Waals surface area contributed by atoms with Crippen LogP contribution in [-0.2, 0) is 27.8 Å². The van der Waals surface area contributed by atoms with Gasteiger partial charge in [-0.25, -0.2) is 4.79 Å². The third-order valence-electron chi connectivity index (χ3n) is 5.32. The highest BCUT2D eigenvalue weighted by Crippen LogP contribution is 2.30. The summed E-state index contributed by atoms with van der Waals surface area (Å²) in [6.07, 6.45) is -4.44. The number of carbonyl (C=O) groups excluding carboxylic acids is 3. The lowest BCUT2D eigenvalue weighted by molar-refractivity contribution is -0.138. The van der Waals surface area contributed by atoms with Crippen LogP contribution in [0.25, 0.3) is 0 Å². The Morgan fingerprint density at radius 1 is 1.06 bits per heavy atom. The lowest BCUT2D eigenvalue weighted by Crippen LogP contribution is -2.43. The minimum absolute atomic E-state index is 0.0375. The molecule has 6 nitrogen and oxygen atoms in total. The number of alkyl halides is 3. The van der Waals surface area contributed by atoms with Gasteiger partial charge in [0, 0.05) is 13.6 Å². The van der Waals surface area contributed by atoms with Crippen molar-refractivity contribution < 1.29 is 27.6 Å². The minimum Gasteiger partial charge on any atom is -0.340 e. The van der Waals surface area contributed by atoms with E-state index in [0.717, 1.165) is 22.6 Å². The minimum atomic E-state index is -4.44.